The summed E-state index contributed by atoms with van der Waals surface area (Å²) in [7, 11) is 0. The van der Waals surface area contributed by atoms with Gasteiger partial charge in [0.2, 0.25) is 0 Å². The molecule has 0 radical (unpaired) electrons. The molecule has 0 spiro atoms. The highest BCUT2D eigenvalue weighted by molar-refractivity contribution is 5.88. The Morgan fingerprint density at radius 1 is 1.16 bits per heavy atom. The van der Waals surface area contributed by atoms with Crippen molar-refractivity contribution in [2.75, 3.05) is 38.0 Å². The molecule has 1 aromatic heterocycles. The molecule has 3 heterocycles. The highest BCUT2D eigenvalue weighted by atomic mass is 16.2. The van der Waals surface area contributed by atoms with Crippen molar-refractivity contribution in [2.45, 2.75) is 51.9 Å². The van der Waals surface area contributed by atoms with E-state index in [-0.39, 0.29) is 11.4 Å². The van der Waals surface area contributed by atoms with Gasteiger partial charge >= 0.3 is 6.03 Å². The fourth-order valence-electron chi connectivity index (χ4n) is 3.66. The molecule has 6 heteroatoms. The van der Waals surface area contributed by atoms with Crippen LogP contribution >= 0.6 is 0 Å². The van der Waals surface area contributed by atoms with Gasteiger partial charge in [-0.25, -0.2) is 4.79 Å². The maximum absolute atomic E-state index is 12.5. The number of rotatable bonds is 3. The molecule has 0 unspecified atom stereocenters. The molecule has 0 aliphatic carbocycles. The van der Waals surface area contributed by atoms with E-state index in [9.17, 15) is 4.79 Å². The van der Waals surface area contributed by atoms with E-state index in [1.165, 1.54) is 32.4 Å². The number of carbonyl (C=O) groups excluding carboxylic acids is 1. The first-order valence-corrected chi connectivity index (χ1v) is 9.54. The van der Waals surface area contributed by atoms with Gasteiger partial charge in [-0.2, -0.15) is 5.10 Å². The predicted molar refractivity (Wildman–Crippen MR) is 99.7 cm³/mol. The number of urea groups is 1. The molecule has 25 heavy (non-hydrogen) atoms. The fourth-order valence-corrected chi connectivity index (χ4v) is 3.66. The molecule has 1 aromatic rings. The Hall–Kier alpha value is -1.69. The SMILES string of the molecule is CC(C)(C)c1ccc(NC(=O)N2CC[C@H](CN3CCCCC3)C2)nn1. The Morgan fingerprint density at radius 3 is 2.56 bits per heavy atom. The number of aromatic nitrogens is 2. The third-order valence-electron chi connectivity index (χ3n) is 5.21. The lowest BCUT2D eigenvalue weighted by Crippen LogP contribution is -2.37. The van der Waals surface area contributed by atoms with Crippen LogP contribution in [0.2, 0.25) is 0 Å². The number of nitrogens with one attached hydrogen (secondary N) is 1. The van der Waals surface area contributed by atoms with Crippen LogP contribution < -0.4 is 5.32 Å². The monoisotopic (exact) mass is 345 g/mol. The summed E-state index contributed by atoms with van der Waals surface area (Å²) in [6.45, 7) is 11.5. The molecule has 1 atom stereocenters. The Morgan fingerprint density at radius 2 is 1.92 bits per heavy atom. The predicted octanol–water partition coefficient (Wildman–Crippen LogP) is 3.11. The van der Waals surface area contributed by atoms with Crippen molar-refractivity contribution in [1.29, 1.82) is 0 Å². The van der Waals surface area contributed by atoms with E-state index in [2.05, 4.69) is 41.2 Å². The van der Waals surface area contributed by atoms with Gasteiger partial charge in [0, 0.05) is 25.0 Å². The molecular formula is C19H31N5O. The second kappa shape index (κ2) is 7.68. The number of likely N-dealkylation sites (tertiary alicyclic amines) is 2. The van der Waals surface area contributed by atoms with E-state index < -0.39 is 0 Å². The van der Waals surface area contributed by atoms with Crippen LogP contribution in [0.4, 0.5) is 10.6 Å². The summed E-state index contributed by atoms with van der Waals surface area (Å²) in [6.07, 6.45) is 5.10. The third kappa shape index (κ3) is 4.91. The molecule has 0 bridgehead atoms. The lowest BCUT2D eigenvalue weighted by molar-refractivity contribution is 0.192. The molecule has 2 fully saturated rings. The first-order valence-electron chi connectivity index (χ1n) is 9.54. The normalized spacial score (nSPS) is 22.2. The van der Waals surface area contributed by atoms with Crippen molar-refractivity contribution in [3.63, 3.8) is 0 Å². The van der Waals surface area contributed by atoms with Crippen molar-refractivity contribution >= 4 is 11.8 Å². The summed E-state index contributed by atoms with van der Waals surface area (Å²) in [5, 5.41) is 11.3. The zero-order valence-corrected chi connectivity index (χ0v) is 15.8. The van der Waals surface area contributed by atoms with Crippen molar-refractivity contribution in [2.24, 2.45) is 5.92 Å². The van der Waals surface area contributed by atoms with E-state index in [1.54, 1.807) is 0 Å². The van der Waals surface area contributed by atoms with Crippen molar-refractivity contribution in [1.82, 2.24) is 20.0 Å². The zero-order chi connectivity index (χ0) is 17.9. The number of nitrogens with zero attached hydrogens (tertiary/aromatic N) is 4. The van der Waals surface area contributed by atoms with Gasteiger partial charge in [-0.05, 0) is 50.4 Å². The quantitative estimate of drug-likeness (QED) is 0.914. The fraction of sp³-hybridized carbons (Fsp3) is 0.737. The number of piperidine rings is 1. The van der Waals surface area contributed by atoms with E-state index in [4.69, 9.17) is 0 Å². The Bertz CT molecular complexity index is 574. The lowest BCUT2D eigenvalue weighted by atomic mass is 9.92. The molecule has 1 N–H and O–H groups in total. The zero-order valence-electron chi connectivity index (χ0n) is 15.8. The topological polar surface area (TPSA) is 61.4 Å². The number of hydrogen-bond donors (Lipinski definition) is 1. The maximum atomic E-state index is 12.5. The Balaban J connectivity index is 1.48. The summed E-state index contributed by atoms with van der Waals surface area (Å²) >= 11 is 0. The second-order valence-corrected chi connectivity index (χ2v) is 8.45. The molecule has 138 valence electrons. The number of carbonyl (C=O) groups is 1. The summed E-state index contributed by atoms with van der Waals surface area (Å²) in [6, 6.07) is 3.72. The molecule has 2 amide bonds. The van der Waals surface area contributed by atoms with E-state index in [0.29, 0.717) is 11.7 Å². The van der Waals surface area contributed by atoms with Crippen LogP contribution in [0.25, 0.3) is 0 Å². The second-order valence-electron chi connectivity index (χ2n) is 8.45. The van der Waals surface area contributed by atoms with Gasteiger partial charge in [0.15, 0.2) is 5.82 Å². The molecular weight excluding hydrogens is 314 g/mol. The summed E-state index contributed by atoms with van der Waals surface area (Å²) < 4.78 is 0. The van der Waals surface area contributed by atoms with Gasteiger partial charge in [0.25, 0.3) is 0 Å². The largest absolute Gasteiger partial charge is 0.324 e. The van der Waals surface area contributed by atoms with Crippen LogP contribution in [0, 0.1) is 5.92 Å². The van der Waals surface area contributed by atoms with Gasteiger partial charge in [0.1, 0.15) is 0 Å². The smallest absolute Gasteiger partial charge is 0.323 e. The van der Waals surface area contributed by atoms with Gasteiger partial charge in [-0.1, -0.05) is 27.2 Å². The molecule has 6 nitrogen and oxygen atoms in total. The van der Waals surface area contributed by atoms with Crippen LogP contribution in [0.15, 0.2) is 12.1 Å². The number of amides is 2. The summed E-state index contributed by atoms with van der Waals surface area (Å²) in [4.78, 5) is 16.9. The lowest BCUT2D eigenvalue weighted by Gasteiger charge is -2.28. The first kappa shape index (κ1) is 18.1. The van der Waals surface area contributed by atoms with Gasteiger partial charge < -0.3 is 9.80 Å². The van der Waals surface area contributed by atoms with E-state index in [1.807, 2.05) is 17.0 Å². The van der Waals surface area contributed by atoms with Gasteiger partial charge in [-0.3, -0.25) is 5.32 Å². The van der Waals surface area contributed by atoms with E-state index >= 15 is 0 Å². The Kier molecular flexibility index (Phi) is 5.57. The summed E-state index contributed by atoms with van der Waals surface area (Å²) in [5.74, 6) is 1.12. The highest BCUT2D eigenvalue weighted by Gasteiger charge is 2.28. The minimum atomic E-state index is -0.0565. The van der Waals surface area contributed by atoms with Crippen LogP contribution in [0.1, 0.15) is 52.1 Å². The van der Waals surface area contributed by atoms with Crippen LogP contribution in [0.5, 0.6) is 0 Å². The molecule has 0 saturated carbocycles. The summed E-state index contributed by atoms with van der Waals surface area (Å²) in [5.41, 5.74) is 0.889. The molecule has 3 rings (SSSR count). The third-order valence-corrected chi connectivity index (χ3v) is 5.21. The average Bonchev–Trinajstić information content (AvgIpc) is 3.04. The number of anilines is 1. The maximum Gasteiger partial charge on any atom is 0.323 e. The minimum Gasteiger partial charge on any atom is -0.324 e. The Labute approximate surface area is 151 Å². The van der Waals surface area contributed by atoms with Crippen LogP contribution in [0.3, 0.4) is 0 Å². The van der Waals surface area contributed by atoms with Crippen LogP contribution in [-0.4, -0.2) is 58.8 Å². The molecule has 2 aliphatic heterocycles. The van der Waals surface area contributed by atoms with Gasteiger partial charge in [0.05, 0.1) is 5.69 Å². The van der Waals surface area contributed by atoms with Crippen molar-refractivity contribution < 1.29 is 4.79 Å². The van der Waals surface area contributed by atoms with Crippen molar-refractivity contribution in [3.05, 3.63) is 17.8 Å². The minimum absolute atomic E-state index is 0.0356. The molecule has 0 aromatic carbocycles. The van der Waals surface area contributed by atoms with Crippen LogP contribution in [-0.2, 0) is 5.41 Å². The number of hydrogen-bond acceptors (Lipinski definition) is 4. The van der Waals surface area contributed by atoms with Gasteiger partial charge in [-0.15, -0.1) is 5.10 Å². The van der Waals surface area contributed by atoms with E-state index in [0.717, 1.165) is 31.7 Å². The molecule has 2 aliphatic rings. The standard InChI is InChI=1S/C19H31N5O/c1-19(2,3)16-7-8-17(22-21-16)20-18(25)24-12-9-15(14-24)13-23-10-5-4-6-11-23/h7-8,15H,4-6,9-14H2,1-3H3,(H,20,22,25)/t15-/m1/s1. The average molecular weight is 345 g/mol. The first-order chi connectivity index (χ1) is 11.9. The molecule has 2 saturated heterocycles. The van der Waals surface area contributed by atoms with Crippen molar-refractivity contribution in [3.8, 4) is 0 Å². The highest BCUT2D eigenvalue weighted by Crippen LogP contribution is 2.22.